The van der Waals surface area contributed by atoms with Crippen molar-refractivity contribution in [1.29, 1.82) is 0 Å². The van der Waals surface area contributed by atoms with Gasteiger partial charge in [0.15, 0.2) is 0 Å². The number of rotatable bonds is 5. The number of carbonyl (C=O) groups excluding carboxylic acids is 2. The lowest BCUT2D eigenvalue weighted by Gasteiger charge is -2.29. The van der Waals surface area contributed by atoms with E-state index in [2.05, 4.69) is 4.90 Å². The van der Waals surface area contributed by atoms with Crippen LogP contribution in [0.25, 0.3) is 5.76 Å². The second-order valence-electron chi connectivity index (χ2n) is 8.91. The Bertz CT molecular complexity index is 1270. The Kier molecular flexibility index (Phi) is 6.07. The second kappa shape index (κ2) is 9.33. The zero-order valence-electron chi connectivity index (χ0n) is 19.9. The second-order valence-corrected chi connectivity index (χ2v) is 8.91. The molecule has 0 bridgehead atoms. The molecule has 1 amide bonds. The van der Waals surface area contributed by atoms with Crippen molar-refractivity contribution in [2.24, 2.45) is 0 Å². The molecule has 7 heteroatoms. The van der Waals surface area contributed by atoms with Crippen molar-refractivity contribution >= 4 is 28.8 Å². The molecule has 2 aliphatic rings. The average molecular weight is 473 g/mol. The number of furan rings is 1. The number of carbonyl (C=O) groups is 2. The number of nitrogens with zero attached hydrogens (tertiary/aromatic N) is 2. The van der Waals surface area contributed by atoms with E-state index in [0.717, 1.165) is 18.8 Å². The topological polar surface area (TPSA) is 83.2 Å². The number of amides is 1. The third-order valence-electron chi connectivity index (χ3n) is 6.69. The molecule has 1 atom stereocenters. The summed E-state index contributed by atoms with van der Waals surface area (Å²) in [5, 5.41) is 11.2. The summed E-state index contributed by atoms with van der Waals surface area (Å²) in [6.07, 6.45) is 3.58. The third kappa shape index (κ3) is 4.18. The molecule has 3 heterocycles. The minimum absolute atomic E-state index is 0.00498. The SMILES string of the molecule is COc1ccc(/C(O)=C2/C(=O)C(=O)N(c3ccc(N4CCCCC4)cc3)C2c2ccc(C)o2)cc1. The molecule has 0 spiro atoms. The molecule has 5 rings (SSSR count). The Hall–Kier alpha value is -4.00. The standard InChI is InChI=1S/C28H28N2O5/c1-18-6-15-23(35-18)25-24(26(31)19-7-13-22(34-2)14-8-19)27(32)28(33)30(25)21-11-9-20(10-12-21)29-16-4-3-5-17-29/h6-15,25,31H,3-5,16-17H2,1-2H3/b26-24-. The summed E-state index contributed by atoms with van der Waals surface area (Å²) in [7, 11) is 1.55. The highest BCUT2D eigenvalue weighted by Gasteiger charge is 2.48. The molecule has 2 fully saturated rings. The van der Waals surface area contributed by atoms with Crippen LogP contribution in [0.2, 0.25) is 0 Å². The molecule has 3 aromatic rings. The summed E-state index contributed by atoms with van der Waals surface area (Å²) in [6.45, 7) is 3.82. The molecule has 1 N–H and O–H groups in total. The van der Waals surface area contributed by atoms with Gasteiger partial charge in [0.25, 0.3) is 11.7 Å². The quantitative estimate of drug-likeness (QED) is 0.312. The lowest BCUT2D eigenvalue weighted by molar-refractivity contribution is -0.132. The van der Waals surface area contributed by atoms with E-state index in [1.54, 1.807) is 50.4 Å². The average Bonchev–Trinajstić information content (AvgIpc) is 3.44. The molecule has 2 saturated heterocycles. The highest BCUT2D eigenvalue weighted by Crippen LogP contribution is 2.43. The summed E-state index contributed by atoms with van der Waals surface area (Å²) in [5.41, 5.74) is 2.07. The number of aryl methyl sites for hydroxylation is 1. The largest absolute Gasteiger partial charge is 0.507 e. The van der Waals surface area contributed by atoms with E-state index in [1.165, 1.54) is 24.2 Å². The van der Waals surface area contributed by atoms with Crippen molar-refractivity contribution in [2.75, 3.05) is 30.0 Å². The Labute approximate surface area is 204 Å². The van der Waals surface area contributed by atoms with Gasteiger partial charge in [-0.2, -0.15) is 0 Å². The zero-order chi connectivity index (χ0) is 24.5. The van der Waals surface area contributed by atoms with Crippen LogP contribution in [0.15, 0.2) is 70.7 Å². The van der Waals surface area contributed by atoms with Crippen molar-refractivity contribution in [3.63, 3.8) is 0 Å². The third-order valence-corrected chi connectivity index (χ3v) is 6.69. The summed E-state index contributed by atoms with van der Waals surface area (Å²) >= 11 is 0. The minimum Gasteiger partial charge on any atom is -0.507 e. The molecule has 35 heavy (non-hydrogen) atoms. The van der Waals surface area contributed by atoms with Gasteiger partial charge < -0.3 is 19.2 Å². The molecule has 1 aromatic heterocycles. The van der Waals surface area contributed by atoms with Gasteiger partial charge >= 0.3 is 0 Å². The smallest absolute Gasteiger partial charge is 0.300 e. The molecule has 0 saturated carbocycles. The van der Waals surface area contributed by atoms with Crippen molar-refractivity contribution in [1.82, 2.24) is 0 Å². The predicted octanol–water partition coefficient (Wildman–Crippen LogP) is 5.21. The molecule has 2 aromatic carbocycles. The van der Waals surface area contributed by atoms with Crippen LogP contribution in [0.1, 0.15) is 42.4 Å². The summed E-state index contributed by atoms with van der Waals surface area (Å²) in [6, 6.07) is 17.0. The molecule has 7 nitrogen and oxygen atoms in total. The van der Waals surface area contributed by atoms with E-state index < -0.39 is 17.7 Å². The van der Waals surface area contributed by atoms with Crippen molar-refractivity contribution in [3.05, 3.63) is 83.3 Å². The van der Waals surface area contributed by atoms with Crippen molar-refractivity contribution < 1.29 is 23.8 Å². The van der Waals surface area contributed by atoms with Crippen molar-refractivity contribution in [2.45, 2.75) is 32.2 Å². The number of methoxy groups -OCH3 is 1. The van der Waals surface area contributed by atoms with E-state index in [1.807, 2.05) is 24.3 Å². The zero-order valence-corrected chi connectivity index (χ0v) is 19.9. The number of aliphatic hydroxyl groups excluding tert-OH is 1. The number of anilines is 2. The van der Waals surface area contributed by atoms with Crippen LogP contribution in [0.4, 0.5) is 11.4 Å². The van der Waals surface area contributed by atoms with E-state index in [4.69, 9.17) is 9.15 Å². The summed E-state index contributed by atoms with van der Waals surface area (Å²) < 4.78 is 11.1. The number of hydrogen-bond acceptors (Lipinski definition) is 6. The van der Waals surface area contributed by atoms with Gasteiger partial charge in [0.1, 0.15) is 29.1 Å². The van der Waals surface area contributed by atoms with E-state index >= 15 is 0 Å². The van der Waals surface area contributed by atoms with Gasteiger partial charge in [0, 0.05) is 30.0 Å². The van der Waals surface area contributed by atoms with Crippen molar-refractivity contribution in [3.8, 4) is 5.75 Å². The number of ketones is 1. The number of hydrogen-bond donors (Lipinski definition) is 1. The Balaban J connectivity index is 1.57. The van der Waals surface area contributed by atoms with E-state index in [0.29, 0.717) is 28.5 Å². The van der Waals surface area contributed by atoms with E-state index in [9.17, 15) is 14.7 Å². The van der Waals surface area contributed by atoms with Crippen LogP contribution in [0, 0.1) is 6.92 Å². The maximum absolute atomic E-state index is 13.3. The Morgan fingerprint density at radius 2 is 1.57 bits per heavy atom. The number of Topliss-reactive ketones (excluding diaryl/α,β-unsaturated/α-hetero) is 1. The van der Waals surface area contributed by atoms with Crippen LogP contribution >= 0.6 is 0 Å². The molecule has 2 aliphatic heterocycles. The van der Waals surface area contributed by atoms with Gasteiger partial charge in [-0.15, -0.1) is 0 Å². The number of piperidine rings is 1. The molecular formula is C28H28N2O5. The minimum atomic E-state index is -0.883. The number of benzene rings is 2. The van der Waals surface area contributed by atoms with E-state index in [-0.39, 0.29) is 11.3 Å². The van der Waals surface area contributed by atoms with Crippen LogP contribution in [-0.4, -0.2) is 37.0 Å². The Morgan fingerprint density at radius 1 is 0.914 bits per heavy atom. The number of ether oxygens (including phenoxy) is 1. The highest BCUT2D eigenvalue weighted by molar-refractivity contribution is 6.51. The highest BCUT2D eigenvalue weighted by atomic mass is 16.5. The first-order valence-corrected chi connectivity index (χ1v) is 11.8. The fourth-order valence-electron chi connectivity index (χ4n) is 4.85. The lowest BCUT2D eigenvalue weighted by atomic mass is 9.99. The fourth-order valence-corrected chi connectivity index (χ4v) is 4.85. The van der Waals surface area contributed by atoms with Crippen LogP contribution in [0.3, 0.4) is 0 Å². The number of aliphatic hydroxyl groups is 1. The van der Waals surface area contributed by atoms with Crippen LogP contribution in [-0.2, 0) is 9.59 Å². The predicted molar refractivity (Wildman–Crippen MR) is 134 cm³/mol. The monoisotopic (exact) mass is 472 g/mol. The first kappa shape index (κ1) is 22.8. The van der Waals surface area contributed by atoms with Gasteiger partial charge in [-0.25, -0.2) is 0 Å². The Morgan fingerprint density at radius 3 is 2.17 bits per heavy atom. The van der Waals surface area contributed by atoms with Gasteiger partial charge in [0.2, 0.25) is 0 Å². The molecular weight excluding hydrogens is 444 g/mol. The lowest BCUT2D eigenvalue weighted by Crippen LogP contribution is -2.30. The van der Waals surface area contributed by atoms with Crippen LogP contribution in [0.5, 0.6) is 5.75 Å². The summed E-state index contributed by atoms with van der Waals surface area (Å²) in [5.74, 6) is -0.0267. The maximum Gasteiger partial charge on any atom is 0.300 e. The van der Waals surface area contributed by atoms with Gasteiger partial charge in [-0.05, 0) is 86.8 Å². The maximum atomic E-state index is 13.3. The molecule has 0 aliphatic carbocycles. The van der Waals surface area contributed by atoms with Gasteiger partial charge in [-0.3, -0.25) is 14.5 Å². The molecule has 180 valence electrons. The van der Waals surface area contributed by atoms with Gasteiger partial charge in [0.05, 0.1) is 12.7 Å². The first-order chi connectivity index (χ1) is 17.0. The first-order valence-electron chi connectivity index (χ1n) is 11.8. The molecule has 0 radical (unpaired) electrons. The molecule has 1 unspecified atom stereocenters. The normalized spacial score (nSPS) is 19.9. The fraction of sp³-hybridized carbons (Fsp3) is 0.286. The van der Waals surface area contributed by atoms with Crippen LogP contribution < -0.4 is 14.5 Å². The summed E-state index contributed by atoms with van der Waals surface area (Å²) in [4.78, 5) is 30.3. The van der Waals surface area contributed by atoms with Gasteiger partial charge in [-0.1, -0.05) is 0 Å².